The third kappa shape index (κ3) is 2.93. The van der Waals surface area contributed by atoms with Gasteiger partial charge in [-0.2, -0.15) is 0 Å². The summed E-state index contributed by atoms with van der Waals surface area (Å²) >= 11 is 3.42. The van der Waals surface area contributed by atoms with Gasteiger partial charge >= 0.3 is 0 Å². The topological polar surface area (TPSA) is 38.0 Å². The predicted octanol–water partition coefficient (Wildman–Crippen LogP) is 0.758. The first kappa shape index (κ1) is 18.9. The van der Waals surface area contributed by atoms with Crippen LogP contribution in [0.4, 0.5) is 0 Å². The zero-order valence-corrected chi connectivity index (χ0v) is 17.5. The van der Waals surface area contributed by atoms with Crippen molar-refractivity contribution in [2.75, 3.05) is 0 Å². The molecule has 5 heteroatoms. The number of Topliss-reactive ketones (excluding diaryl/α,β-unsaturated/α-hetero) is 2. The molecule has 1 aromatic heterocycles. The fourth-order valence-corrected chi connectivity index (χ4v) is 3.75. The number of rotatable bonds is 3. The lowest BCUT2D eigenvalue weighted by atomic mass is 9.75. The molecule has 2 aromatic carbocycles. The van der Waals surface area contributed by atoms with E-state index in [1.54, 1.807) is 24.3 Å². The molecular formula is C21H15BrINO2. The number of pyridine rings is 1. The lowest BCUT2D eigenvalue weighted by Crippen LogP contribution is -3.00. The van der Waals surface area contributed by atoms with Gasteiger partial charge in [0.25, 0.3) is 0 Å². The second kappa shape index (κ2) is 7.40. The molecular weight excluding hydrogens is 505 g/mol. The van der Waals surface area contributed by atoms with Crippen molar-refractivity contribution in [2.24, 2.45) is 0 Å². The van der Waals surface area contributed by atoms with Gasteiger partial charge in [0, 0.05) is 27.7 Å². The quantitative estimate of drug-likeness (QED) is 0.291. The minimum Gasteiger partial charge on any atom is -1.00 e. The van der Waals surface area contributed by atoms with Gasteiger partial charge in [0.1, 0.15) is 0 Å². The molecule has 1 aliphatic rings. The number of halogens is 2. The molecule has 1 aliphatic carbocycles. The molecule has 26 heavy (non-hydrogen) atoms. The van der Waals surface area contributed by atoms with E-state index in [0.29, 0.717) is 11.1 Å². The smallest absolute Gasteiger partial charge is 0.188 e. The Labute approximate surface area is 177 Å². The highest BCUT2D eigenvalue weighted by Crippen LogP contribution is 2.40. The molecule has 0 spiro atoms. The highest BCUT2D eigenvalue weighted by molar-refractivity contribution is 9.10. The number of nitrogens with zero attached hydrogens (tertiary/aromatic N) is 1. The first-order valence-electron chi connectivity index (χ1n) is 8.02. The normalized spacial score (nSPS) is 14.7. The minimum atomic E-state index is -1.23. The summed E-state index contributed by atoms with van der Waals surface area (Å²) in [5, 5.41) is 0. The number of carbonyl (C=O) groups excluding carboxylic acids is 2. The van der Waals surface area contributed by atoms with Crippen molar-refractivity contribution in [1.82, 2.24) is 0 Å². The molecule has 0 unspecified atom stereocenters. The first-order chi connectivity index (χ1) is 12.1. The third-order valence-electron chi connectivity index (χ3n) is 4.73. The van der Waals surface area contributed by atoms with Crippen molar-refractivity contribution in [3.05, 3.63) is 100 Å². The summed E-state index contributed by atoms with van der Waals surface area (Å²) in [7, 11) is 0. The van der Waals surface area contributed by atoms with Crippen LogP contribution in [0.1, 0.15) is 26.3 Å². The van der Waals surface area contributed by atoms with Gasteiger partial charge in [-0.05, 0) is 17.7 Å². The Kier molecular flexibility index (Phi) is 5.39. The van der Waals surface area contributed by atoms with Crippen molar-refractivity contribution in [2.45, 2.75) is 12.0 Å². The summed E-state index contributed by atoms with van der Waals surface area (Å²) in [5.74, 6) is -0.265. The molecule has 0 aliphatic heterocycles. The summed E-state index contributed by atoms with van der Waals surface area (Å²) in [6.45, 7) is 0.280. The van der Waals surface area contributed by atoms with E-state index in [0.717, 1.165) is 10.0 Å². The summed E-state index contributed by atoms with van der Waals surface area (Å²) in [6, 6.07) is 20.2. The molecule has 1 heterocycles. The van der Waals surface area contributed by atoms with Gasteiger partial charge in [-0.3, -0.25) is 9.59 Å². The molecule has 130 valence electrons. The van der Waals surface area contributed by atoms with Crippen LogP contribution < -0.4 is 28.5 Å². The van der Waals surface area contributed by atoms with Gasteiger partial charge < -0.3 is 24.0 Å². The van der Waals surface area contributed by atoms with Crippen LogP contribution >= 0.6 is 15.9 Å². The van der Waals surface area contributed by atoms with Gasteiger partial charge in [0.05, 0.1) is 0 Å². The standard InChI is InChI=1S/C21H15BrNO2.HI/c22-16-10-8-15(9-11-16)21(14-23-12-4-1-5-13-23)19(24)17-6-2-3-7-18(17)20(21)25;/h1-13H,14H2;1H/q+1;/p-1. The maximum absolute atomic E-state index is 13.4. The molecule has 0 saturated carbocycles. The minimum absolute atomic E-state index is 0. The summed E-state index contributed by atoms with van der Waals surface area (Å²) in [6.07, 6.45) is 3.76. The van der Waals surface area contributed by atoms with E-state index in [-0.39, 0.29) is 42.1 Å². The lowest BCUT2D eigenvalue weighted by Gasteiger charge is -2.23. The summed E-state index contributed by atoms with van der Waals surface area (Å²) in [4.78, 5) is 26.7. The molecule has 0 bridgehead atoms. The molecule has 0 saturated heterocycles. The van der Waals surface area contributed by atoms with Gasteiger partial charge in [-0.1, -0.05) is 58.4 Å². The van der Waals surface area contributed by atoms with Crippen LogP contribution in [0, 0.1) is 0 Å². The Bertz CT molecular complexity index is 936. The van der Waals surface area contributed by atoms with Crippen LogP contribution in [0.5, 0.6) is 0 Å². The molecule has 3 aromatic rings. The number of aromatic nitrogens is 1. The molecule has 0 radical (unpaired) electrons. The van der Waals surface area contributed by atoms with Crippen LogP contribution in [0.25, 0.3) is 0 Å². The third-order valence-corrected chi connectivity index (χ3v) is 5.25. The monoisotopic (exact) mass is 519 g/mol. The van der Waals surface area contributed by atoms with Gasteiger partial charge in [0.2, 0.25) is 0 Å². The fourth-order valence-electron chi connectivity index (χ4n) is 3.49. The van der Waals surface area contributed by atoms with Crippen molar-refractivity contribution in [3.8, 4) is 0 Å². The maximum atomic E-state index is 13.4. The van der Waals surface area contributed by atoms with E-state index in [2.05, 4.69) is 15.9 Å². The fraction of sp³-hybridized carbons (Fsp3) is 0.0952. The Morgan fingerprint density at radius 1 is 0.769 bits per heavy atom. The number of benzene rings is 2. The molecule has 0 N–H and O–H groups in total. The highest BCUT2D eigenvalue weighted by atomic mass is 127. The molecule has 0 amide bonds. The average molecular weight is 520 g/mol. The van der Waals surface area contributed by atoms with Gasteiger partial charge in [0.15, 0.2) is 35.9 Å². The van der Waals surface area contributed by atoms with E-state index in [1.807, 2.05) is 59.4 Å². The number of carbonyl (C=O) groups is 2. The van der Waals surface area contributed by atoms with E-state index in [1.165, 1.54) is 0 Å². The number of ketones is 2. The summed E-state index contributed by atoms with van der Waals surface area (Å²) < 4.78 is 2.80. The van der Waals surface area contributed by atoms with Gasteiger partial charge in [-0.15, -0.1) is 0 Å². The van der Waals surface area contributed by atoms with E-state index in [9.17, 15) is 9.59 Å². The Morgan fingerprint density at radius 3 is 1.85 bits per heavy atom. The Balaban J connectivity index is 0.00000196. The van der Waals surface area contributed by atoms with Crippen LogP contribution in [0.3, 0.4) is 0 Å². The second-order valence-corrected chi connectivity index (χ2v) is 7.08. The maximum Gasteiger partial charge on any atom is 0.188 e. The van der Waals surface area contributed by atoms with Crippen molar-refractivity contribution < 1.29 is 38.1 Å². The Morgan fingerprint density at radius 2 is 1.31 bits per heavy atom. The number of hydrogen-bond donors (Lipinski definition) is 0. The molecule has 0 fully saturated rings. The molecule has 3 nitrogen and oxygen atoms in total. The predicted molar refractivity (Wildman–Crippen MR) is 97.6 cm³/mol. The van der Waals surface area contributed by atoms with E-state index >= 15 is 0 Å². The lowest BCUT2D eigenvalue weighted by molar-refractivity contribution is -0.700. The average Bonchev–Trinajstić information content (AvgIpc) is 2.86. The van der Waals surface area contributed by atoms with Gasteiger partial charge in [-0.25, -0.2) is 4.57 Å². The zero-order valence-electron chi connectivity index (χ0n) is 13.7. The van der Waals surface area contributed by atoms with Crippen LogP contribution in [-0.2, 0) is 12.0 Å². The zero-order chi connectivity index (χ0) is 17.4. The number of fused-ring (bicyclic) bond motifs is 1. The van der Waals surface area contributed by atoms with Crippen molar-refractivity contribution in [1.29, 1.82) is 0 Å². The van der Waals surface area contributed by atoms with Crippen molar-refractivity contribution >= 4 is 27.5 Å². The second-order valence-electron chi connectivity index (χ2n) is 6.16. The van der Waals surface area contributed by atoms with Crippen LogP contribution in [0.2, 0.25) is 0 Å². The highest BCUT2D eigenvalue weighted by Gasteiger charge is 2.56. The SMILES string of the molecule is O=C1c2ccccc2C(=O)C1(C[n+]1ccccc1)c1ccc(Br)cc1.[I-]. The van der Waals surface area contributed by atoms with Crippen molar-refractivity contribution in [3.63, 3.8) is 0 Å². The van der Waals surface area contributed by atoms with Crippen LogP contribution in [0.15, 0.2) is 83.6 Å². The Hall–Kier alpha value is -1.86. The summed E-state index contributed by atoms with van der Waals surface area (Å²) in [5.41, 5.74) is 0.508. The molecule has 4 rings (SSSR count). The van der Waals surface area contributed by atoms with Crippen LogP contribution in [-0.4, -0.2) is 11.6 Å². The number of hydrogen-bond acceptors (Lipinski definition) is 2. The largest absolute Gasteiger partial charge is 1.00 e. The van der Waals surface area contributed by atoms with E-state index in [4.69, 9.17) is 0 Å². The first-order valence-corrected chi connectivity index (χ1v) is 8.81. The molecule has 0 atom stereocenters. The van der Waals surface area contributed by atoms with E-state index < -0.39 is 5.41 Å².